The summed E-state index contributed by atoms with van der Waals surface area (Å²) in [6.07, 6.45) is 0. The van der Waals surface area contributed by atoms with Gasteiger partial charge >= 0.3 is 0 Å². The summed E-state index contributed by atoms with van der Waals surface area (Å²) < 4.78 is 16.4. The molecule has 0 spiro atoms. The van der Waals surface area contributed by atoms with Crippen molar-refractivity contribution >= 4 is 0 Å². The SMILES string of the molecule is CC(C)(C)COCCOCCOCCNC(C)(C)C. The van der Waals surface area contributed by atoms with Crippen molar-refractivity contribution in [3.05, 3.63) is 0 Å². The molecule has 0 radical (unpaired) electrons. The number of hydrogen-bond acceptors (Lipinski definition) is 4. The van der Waals surface area contributed by atoms with Crippen molar-refractivity contribution in [2.24, 2.45) is 5.41 Å². The van der Waals surface area contributed by atoms with Gasteiger partial charge in [0.15, 0.2) is 0 Å². The summed E-state index contributed by atoms with van der Waals surface area (Å²) in [6.45, 7) is 17.9. The summed E-state index contributed by atoms with van der Waals surface area (Å²) in [5, 5.41) is 3.37. The summed E-state index contributed by atoms with van der Waals surface area (Å²) in [4.78, 5) is 0. The average molecular weight is 275 g/mol. The van der Waals surface area contributed by atoms with Gasteiger partial charge in [-0.1, -0.05) is 20.8 Å². The minimum absolute atomic E-state index is 0.157. The van der Waals surface area contributed by atoms with Crippen LogP contribution in [-0.4, -0.2) is 51.7 Å². The maximum absolute atomic E-state index is 5.50. The summed E-state index contributed by atoms with van der Waals surface area (Å²) >= 11 is 0. The van der Waals surface area contributed by atoms with Gasteiger partial charge in [-0.2, -0.15) is 0 Å². The first-order valence-electron chi connectivity index (χ1n) is 7.19. The zero-order chi connectivity index (χ0) is 14.8. The lowest BCUT2D eigenvalue weighted by atomic mass is 9.99. The van der Waals surface area contributed by atoms with Gasteiger partial charge in [0, 0.05) is 12.1 Å². The highest BCUT2D eigenvalue weighted by Gasteiger charge is 2.09. The molecule has 0 aliphatic heterocycles. The summed E-state index contributed by atoms with van der Waals surface area (Å²) in [5.74, 6) is 0. The van der Waals surface area contributed by atoms with E-state index in [0.717, 1.165) is 19.8 Å². The van der Waals surface area contributed by atoms with Crippen molar-refractivity contribution in [3.63, 3.8) is 0 Å². The minimum atomic E-state index is 0.157. The van der Waals surface area contributed by atoms with Gasteiger partial charge in [-0.05, 0) is 26.2 Å². The third-order valence-electron chi connectivity index (χ3n) is 2.18. The molecule has 0 unspecified atom stereocenters. The number of nitrogens with one attached hydrogen (secondary N) is 1. The molecule has 0 saturated carbocycles. The van der Waals surface area contributed by atoms with Crippen LogP contribution in [-0.2, 0) is 14.2 Å². The molecule has 0 aromatic carbocycles. The van der Waals surface area contributed by atoms with Gasteiger partial charge < -0.3 is 19.5 Å². The van der Waals surface area contributed by atoms with E-state index >= 15 is 0 Å². The monoisotopic (exact) mass is 275 g/mol. The predicted molar refractivity (Wildman–Crippen MR) is 79.7 cm³/mol. The third-order valence-corrected chi connectivity index (χ3v) is 2.18. The van der Waals surface area contributed by atoms with E-state index in [2.05, 4.69) is 46.9 Å². The molecule has 19 heavy (non-hydrogen) atoms. The molecule has 0 amide bonds. The van der Waals surface area contributed by atoms with Crippen LogP contribution in [0, 0.1) is 5.41 Å². The molecule has 0 aromatic rings. The molecule has 1 N–H and O–H groups in total. The second-order valence-electron chi connectivity index (χ2n) is 7.01. The van der Waals surface area contributed by atoms with Crippen LogP contribution in [0.3, 0.4) is 0 Å². The Hall–Kier alpha value is -0.160. The number of rotatable bonds is 10. The molecule has 0 atom stereocenters. The maximum atomic E-state index is 5.50. The highest BCUT2D eigenvalue weighted by Crippen LogP contribution is 2.12. The van der Waals surface area contributed by atoms with E-state index in [-0.39, 0.29) is 11.0 Å². The van der Waals surface area contributed by atoms with Gasteiger partial charge in [0.2, 0.25) is 0 Å². The van der Waals surface area contributed by atoms with Gasteiger partial charge in [-0.15, -0.1) is 0 Å². The van der Waals surface area contributed by atoms with E-state index in [4.69, 9.17) is 14.2 Å². The Labute approximate surface area is 119 Å². The van der Waals surface area contributed by atoms with E-state index in [1.165, 1.54) is 0 Å². The fraction of sp³-hybridized carbons (Fsp3) is 1.00. The van der Waals surface area contributed by atoms with Gasteiger partial charge in [-0.3, -0.25) is 0 Å². The van der Waals surface area contributed by atoms with Crippen LogP contribution in [0.25, 0.3) is 0 Å². The summed E-state index contributed by atoms with van der Waals surface area (Å²) in [7, 11) is 0. The minimum Gasteiger partial charge on any atom is -0.379 e. The Morgan fingerprint density at radius 3 is 1.63 bits per heavy atom. The molecule has 0 aromatic heterocycles. The zero-order valence-corrected chi connectivity index (χ0v) is 13.7. The first-order chi connectivity index (χ1) is 8.71. The van der Waals surface area contributed by atoms with Crippen molar-refractivity contribution in [1.29, 1.82) is 0 Å². The highest BCUT2D eigenvalue weighted by atomic mass is 16.5. The quantitative estimate of drug-likeness (QED) is 0.622. The fourth-order valence-electron chi connectivity index (χ4n) is 1.32. The lowest BCUT2D eigenvalue weighted by molar-refractivity contribution is -0.000622. The molecule has 0 heterocycles. The topological polar surface area (TPSA) is 39.7 Å². The lowest BCUT2D eigenvalue weighted by Crippen LogP contribution is -2.38. The van der Waals surface area contributed by atoms with Crippen LogP contribution in [0.1, 0.15) is 41.5 Å². The number of hydrogen-bond donors (Lipinski definition) is 1. The molecule has 4 heteroatoms. The summed E-state index contributed by atoms with van der Waals surface area (Å²) in [5.41, 5.74) is 0.382. The Balaban J connectivity index is 3.12. The second-order valence-corrected chi connectivity index (χ2v) is 7.01. The van der Waals surface area contributed by atoms with Gasteiger partial charge in [0.25, 0.3) is 0 Å². The van der Waals surface area contributed by atoms with Crippen LogP contribution in [0.2, 0.25) is 0 Å². The Bertz CT molecular complexity index is 184. The largest absolute Gasteiger partial charge is 0.379 e. The van der Waals surface area contributed by atoms with E-state index in [1.54, 1.807) is 0 Å². The van der Waals surface area contributed by atoms with E-state index in [9.17, 15) is 0 Å². The van der Waals surface area contributed by atoms with Crippen molar-refractivity contribution in [2.45, 2.75) is 47.1 Å². The molecule has 116 valence electrons. The molecule has 0 bridgehead atoms. The van der Waals surface area contributed by atoms with Crippen LogP contribution < -0.4 is 5.32 Å². The molecule has 0 rings (SSSR count). The normalized spacial score (nSPS) is 12.9. The molecule has 4 nitrogen and oxygen atoms in total. The van der Waals surface area contributed by atoms with Crippen LogP contribution >= 0.6 is 0 Å². The number of ether oxygens (including phenoxy) is 3. The van der Waals surface area contributed by atoms with Gasteiger partial charge in [0.05, 0.1) is 39.6 Å². The van der Waals surface area contributed by atoms with Crippen LogP contribution in [0.5, 0.6) is 0 Å². The van der Waals surface area contributed by atoms with Crippen molar-refractivity contribution in [3.8, 4) is 0 Å². The molecule has 0 fully saturated rings. The maximum Gasteiger partial charge on any atom is 0.0701 e. The highest BCUT2D eigenvalue weighted by molar-refractivity contribution is 4.69. The Morgan fingerprint density at radius 1 is 0.684 bits per heavy atom. The standard InChI is InChI=1S/C15H33NO3/c1-14(2,3)13-19-12-11-18-10-9-17-8-7-16-15(4,5)6/h16H,7-13H2,1-6H3. The Kier molecular flexibility index (Phi) is 9.62. The summed E-state index contributed by atoms with van der Waals surface area (Å²) in [6, 6.07) is 0. The van der Waals surface area contributed by atoms with E-state index < -0.39 is 0 Å². The smallest absolute Gasteiger partial charge is 0.0701 e. The predicted octanol–water partition coefficient (Wildman–Crippen LogP) is 2.47. The molecular formula is C15H33NO3. The average Bonchev–Trinajstić information content (AvgIpc) is 2.22. The van der Waals surface area contributed by atoms with Crippen molar-refractivity contribution in [2.75, 3.05) is 46.2 Å². The third kappa shape index (κ3) is 17.8. The first kappa shape index (κ1) is 18.8. The van der Waals surface area contributed by atoms with Gasteiger partial charge in [-0.25, -0.2) is 0 Å². The van der Waals surface area contributed by atoms with Crippen molar-refractivity contribution in [1.82, 2.24) is 5.32 Å². The molecular weight excluding hydrogens is 242 g/mol. The lowest BCUT2D eigenvalue weighted by Gasteiger charge is -2.20. The molecule has 0 aliphatic carbocycles. The van der Waals surface area contributed by atoms with E-state index in [0.29, 0.717) is 26.4 Å². The van der Waals surface area contributed by atoms with Crippen LogP contribution in [0.4, 0.5) is 0 Å². The van der Waals surface area contributed by atoms with Crippen molar-refractivity contribution < 1.29 is 14.2 Å². The van der Waals surface area contributed by atoms with E-state index in [1.807, 2.05) is 0 Å². The fourth-order valence-corrected chi connectivity index (χ4v) is 1.32. The Morgan fingerprint density at radius 2 is 1.16 bits per heavy atom. The molecule has 0 aliphatic rings. The second kappa shape index (κ2) is 9.70. The van der Waals surface area contributed by atoms with Gasteiger partial charge in [0.1, 0.15) is 0 Å². The van der Waals surface area contributed by atoms with Crippen LogP contribution in [0.15, 0.2) is 0 Å². The first-order valence-corrected chi connectivity index (χ1v) is 7.19. The zero-order valence-electron chi connectivity index (χ0n) is 13.7. The molecule has 0 saturated heterocycles.